The molecule has 1 saturated heterocycles. The number of carbonyl (C=O) groups excluding carboxylic acids is 2. The van der Waals surface area contributed by atoms with Crippen molar-refractivity contribution in [2.45, 2.75) is 92.0 Å². The fourth-order valence-corrected chi connectivity index (χ4v) is 3.62. The summed E-state index contributed by atoms with van der Waals surface area (Å²) in [5.74, 6) is -0.788. The summed E-state index contributed by atoms with van der Waals surface area (Å²) < 4.78 is 16.5. The summed E-state index contributed by atoms with van der Waals surface area (Å²) in [7, 11) is -0.349. The van der Waals surface area contributed by atoms with Crippen molar-refractivity contribution in [2.24, 2.45) is 5.73 Å². The second kappa shape index (κ2) is 27.4. The van der Waals surface area contributed by atoms with Crippen LogP contribution in [0.3, 0.4) is 0 Å². The Morgan fingerprint density at radius 1 is 1.18 bits per heavy atom. The van der Waals surface area contributed by atoms with E-state index in [4.69, 9.17) is 25.0 Å². The van der Waals surface area contributed by atoms with E-state index in [-0.39, 0.29) is 37.8 Å². The molecule has 3 rings (SSSR count). The summed E-state index contributed by atoms with van der Waals surface area (Å²) in [6.45, 7) is 16.6. The lowest BCUT2D eigenvalue weighted by atomic mass is 9.84. The molecule has 12 nitrogen and oxygen atoms in total. The van der Waals surface area contributed by atoms with Crippen LogP contribution in [-0.4, -0.2) is 97.6 Å². The van der Waals surface area contributed by atoms with E-state index in [1.807, 2.05) is 65.0 Å². The van der Waals surface area contributed by atoms with Crippen molar-refractivity contribution in [1.82, 2.24) is 25.8 Å². The Hall–Kier alpha value is -2.94. The maximum atomic E-state index is 12.9. The molecule has 1 aromatic carbocycles. The van der Waals surface area contributed by atoms with Crippen molar-refractivity contribution in [1.29, 1.82) is 0 Å². The molecule has 1 fully saturated rings. The molecule has 2 amide bonds. The smallest absolute Gasteiger partial charge is 0.400 e. The van der Waals surface area contributed by atoms with Gasteiger partial charge >= 0.3 is 7.05 Å². The Labute approximate surface area is 270 Å². The topological polar surface area (TPSA) is 170 Å². The van der Waals surface area contributed by atoms with Gasteiger partial charge in [0.1, 0.15) is 11.7 Å². The maximum absolute atomic E-state index is 12.9. The molecular formula is C32H57BN6O6. The number of hydrogen-bond acceptors (Lipinski definition) is 10. The molecule has 0 spiro atoms. The zero-order valence-corrected chi connectivity index (χ0v) is 28.3. The van der Waals surface area contributed by atoms with Gasteiger partial charge in [-0.15, -0.1) is 0 Å². The van der Waals surface area contributed by atoms with Crippen LogP contribution >= 0.6 is 0 Å². The second-order valence-corrected chi connectivity index (χ2v) is 10.3. The summed E-state index contributed by atoms with van der Waals surface area (Å²) in [5.41, 5.74) is 6.17. The largest absolute Gasteiger partial charge is 0.414 e. The SMILES string of the molecule is CC.CC(C)N.CCOC(C)CC.O=C(N[C@@H](Cc1ccccc1)C(=O)NCB1NCC(COCCCO)O1)c1cnccn1. The number of benzene rings is 1. The number of nitrogens with two attached hydrogens (primary N) is 1. The Morgan fingerprint density at radius 2 is 1.87 bits per heavy atom. The molecule has 13 heteroatoms. The first-order chi connectivity index (χ1) is 21.7. The lowest BCUT2D eigenvalue weighted by molar-refractivity contribution is -0.122. The first-order valence-corrected chi connectivity index (χ1v) is 16.0. The van der Waals surface area contributed by atoms with Crippen molar-refractivity contribution in [3.63, 3.8) is 0 Å². The Kier molecular flexibility index (Phi) is 25.6. The highest BCUT2D eigenvalue weighted by Crippen LogP contribution is 2.06. The van der Waals surface area contributed by atoms with Gasteiger partial charge < -0.3 is 40.8 Å². The van der Waals surface area contributed by atoms with E-state index in [1.165, 1.54) is 18.6 Å². The zero-order valence-electron chi connectivity index (χ0n) is 28.3. The van der Waals surface area contributed by atoms with Crippen molar-refractivity contribution >= 4 is 18.9 Å². The Morgan fingerprint density at radius 3 is 2.42 bits per heavy atom. The van der Waals surface area contributed by atoms with Gasteiger partial charge in [0, 0.05) is 51.6 Å². The molecule has 0 bridgehead atoms. The van der Waals surface area contributed by atoms with Gasteiger partial charge in [-0.1, -0.05) is 65.0 Å². The first kappa shape index (κ1) is 42.1. The predicted molar refractivity (Wildman–Crippen MR) is 180 cm³/mol. The number of nitrogens with one attached hydrogen (secondary N) is 3. The highest BCUT2D eigenvalue weighted by atomic mass is 16.5. The fraction of sp³-hybridized carbons (Fsp3) is 0.625. The number of rotatable bonds is 15. The average Bonchev–Trinajstić information content (AvgIpc) is 3.51. The molecular weight excluding hydrogens is 575 g/mol. The number of aliphatic hydroxyl groups excluding tert-OH is 1. The third-order valence-corrected chi connectivity index (χ3v) is 5.87. The molecule has 0 radical (unpaired) electrons. The summed E-state index contributed by atoms with van der Waals surface area (Å²) in [5, 5.41) is 17.6. The van der Waals surface area contributed by atoms with E-state index < -0.39 is 11.9 Å². The number of amides is 2. The number of carbonyl (C=O) groups is 2. The van der Waals surface area contributed by atoms with Crippen LogP contribution in [-0.2, 0) is 25.3 Å². The highest BCUT2D eigenvalue weighted by molar-refractivity contribution is 6.50. The molecule has 1 aliphatic heterocycles. The first-order valence-electron chi connectivity index (χ1n) is 16.0. The quantitative estimate of drug-likeness (QED) is 0.145. The number of aliphatic hydroxyl groups is 1. The summed E-state index contributed by atoms with van der Waals surface area (Å²) >= 11 is 0. The van der Waals surface area contributed by atoms with E-state index in [1.54, 1.807) is 0 Å². The third kappa shape index (κ3) is 21.4. The lowest BCUT2D eigenvalue weighted by Crippen LogP contribution is -2.51. The highest BCUT2D eigenvalue weighted by Gasteiger charge is 2.31. The fourth-order valence-electron chi connectivity index (χ4n) is 3.62. The minimum atomic E-state index is -0.786. The van der Waals surface area contributed by atoms with Gasteiger partial charge in [-0.05, 0) is 38.3 Å². The molecule has 6 N–H and O–H groups in total. The van der Waals surface area contributed by atoms with Crippen LogP contribution in [0.1, 0.15) is 77.4 Å². The maximum Gasteiger partial charge on any atom is 0.400 e. The van der Waals surface area contributed by atoms with Crippen molar-refractivity contribution < 1.29 is 28.8 Å². The second-order valence-electron chi connectivity index (χ2n) is 10.3. The molecule has 254 valence electrons. The summed E-state index contributed by atoms with van der Waals surface area (Å²) in [6, 6.07) is 9.01. The standard InChI is InChI=1S/C21H28BN5O5.C6H14O.C3H9N.C2H6/c28-9-4-10-31-14-17-12-26-22(32-17)15-25-20(29)18(11-16-5-2-1-3-6-16)27-21(30)19-13-23-7-8-24-19;1-4-6(3)7-5-2;1-3(2)4;1-2/h1-3,5-8,13,17-18,26,28H,4,9-12,14-15H2,(H,25,29)(H,27,30);6H,4-5H2,1-3H3;3H,4H2,1-2H3;1-2H3/t17?,18-;;;/m0.../s1. The van der Waals surface area contributed by atoms with E-state index in [0.717, 1.165) is 18.6 Å². The Bertz CT molecular complexity index is 990. The van der Waals surface area contributed by atoms with Crippen molar-refractivity contribution in [3.8, 4) is 0 Å². The molecule has 0 saturated carbocycles. The molecule has 45 heavy (non-hydrogen) atoms. The van der Waals surface area contributed by atoms with Crippen molar-refractivity contribution in [2.75, 3.05) is 39.4 Å². The number of hydrogen-bond donors (Lipinski definition) is 5. The summed E-state index contributed by atoms with van der Waals surface area (Å²) in [4.78, 5) is 33.3. The lowest BCUT2D eigenvalue weighted by Gasteiger charge is -2.19. The molecule has 2 aromatic rings. The van der Waals surface area contributed by atoms with Gasteiger partial charge in [0.05, 0.1) is 25.0 Å². The van der Waals surface area contributed by atoms with Crippen LogP contribution in [0, 0.1) is 0 Å². The van der Waals surface area contributed by atoms with Crippen LogP contribution in [0.25, 0.3) is 0 Å². The molecule has 2 heterocycles. The third-order valence-electron chi connectivity index (χ3n) is 5.87. The van der Waals surface area contributed by atoms with E-state index in [2.05, 4.69) is 39.7 Å². The minimum absolute atomic E-state index is 0.0932. The van der Waals surface area contributed by atoms with Crippen LogP contribution < -0.4 is 21.6 Å². The van der Waals surface area contributed by atoms with Gasteiger partial charge in [0.2, 0.25) is 5.91 Å². The predicted octanol–water partition coefficient (Wildman–Crippen LogP) is 2.55. The van der Waals surface area contributed by atoms with Gasteiger partial charge in [0.25, 0.3) is 5.91 Å². The molecule has 0 aliphatic carbocycles. The monoisotopic (exact) mass is 632 g/mol. The number of nitrogens with zero attached hydrogens (tertiary/aromatic N) is 2. The van der Waals surface area contributed by atoms with Crippen molar-refractivity contribution in [3.05, 3.63) is 60.2 Å². The molecule has 1 aromatic heterocycles. The van der Waals surface area contributed by atoms with Gasteiger partial charge in [-0.3, -0.25) is 14.6 Å². The normalized spacial score (nSPS) is 14.9. The van der Waals surface area contributed by atoms with Crippen LogP contribution in [0.5, 0.6) is 0 Å². The van der Waals surface area contributed by atoms with Crippen LogP contribution in [0.15, 0.2) is 48.9 Å². The van der Waals surface area contributed by atoms with E-state index in [0.29, 0.717) is 44.7 Å². The zero-order chi connectivity index (χ0) is 33.9. The van der Waals surface area contributed by atoms with Crippen LogP contribution in [0.2, 0.25) is 0 Å². The van der Waals surface area contributed by atoms with Gasteiger partial charge in [-0.2, -0.15) is 0 Å². The van der Waals surface area contributed by atoms with E-state index in [9.17, 15) is 9.59 Å². The Balaban J connectivity index is 0.00000126. The minimum Gasteiger partial charge on any atom is -0.414 e. The number of ether oxygens (including phenoxy) is 2. The van der Waals surface area contributed by atoms with Gasteiger partial charge in [0.15, 0.2) is 0 Å². The molecule has 2 unspecified atom stereocenters. The number of aromatic nitrogens is 2. The molecule has 1 aliphatic rings. The summed E-state index contributed by atoms with van der Waals surface area (Å²) in [6.07, 6.45) is 6.87. The van der Waals surface area contributed by atoms with Crippen LogP contribution in [0.4, 0.5) is 0 Å². The van der Waals surface area contributed by atoms with E-state index >= 15 is 0 Å². The average molecular weight is 633 g/mol. The molecule has 3 atom stereocenters. The van der Waals surface area contributed by atoms with Gasteiger partial charge in [-0.25, -0.2) is 4.98 Å².